The largest absolute Gasteiger partial charge is 0.494 e. The number of hydrogen-bond acceptors (Lipinski definition) is 3. The van der Waals surface area contributed by atoms with Crippen LogP contribution in [0.15, 0.2) is 18.2 Å². The lowest BCUT2D eigenvalue weighted by molar-refractivity contribution is 0.331. The Morgan fingerprint density at radius 3 is 2.24 bits per heavy atom. The van der Waals surface area contributed by atoms with Gasteiger partial charge in [-0.1, -0.05) is 39.8 Å². The van der Waals surface area contributed by atoms with E-state index >= 15 is 0 Å². The number of rotatable bonds is 7. The van der Waals surface area contributed by atoms with Gasteiger partial charge in [0.2, 0.25) is 0 Å². The summed E-state index contributed by atoms with van der Waals surface area (Å²) in [5.74, 6) is 1.75. The van der Waals surface area contributed by atoms with Crippen LogP contribution in [0.4, 0.5) is 0 Å². The van der Waals surface area contributed by atoms with E-state index in [1.165, 1.54) is 11.1 Å². The van der Waals surface area contributed by atoms with Crippen molar-refractivity contribution in [3.05, 3.63) is 29.3 Å². The fraction of sp³-hybridized carbons (Fsp3) is 0.667. The molecule has 4 N–H and O–H groups in total. The molecule has 0 saturated carbocycles. The monoisotopic (exact) mass is 292 g/mol. The third kappa shape index (κ3) is 5.01. The van der Waals surface area contributed by atoms with Gasteiger partial charge >= 0.3 is 0 Å². The molecule has 1 atom stereocenters. The minimum atomic E-state index is 0.139. The van der Waals surface area contributed by atoms with Crippen LogP contribution in [-0.4, -0.2) is 19.7 Å². The fourth-order valence-electron chi connectivity index (χ4n) is 2.60. The molecule has 21 heavy (non-hydrogen) atoms. The first-order chi connectivity index (χ1) is 9.83. The topological polar surface area (TPSA) is 61.3 Å². The summed E-state index contributed by atoms with van der Waals surface area (Å²) in [5, 5.41) is 0. The van der Waals surface area contributed by atoms with E-state index in [9.17, 15) is 0 Å². The van der Waals surface area contributed by atoms with Crippen molar-refractivity contribution in [1.29, 1.82) is 0 Å². The molecule has 1 aromatic carbocycles. The van der Waals surface area contributed by atoms with Crippen molar-refractivity contribution in [3.8, 4) is 5.75 Å². The molecule has 0 bridgehead atoms. The molecule has 1 unspecified atom stereocenters. The summed E-state index contributed by atoms with van der Waals surface area (Å²) >= 11 is 0. The predicted molar refractivity (Wildman–Crippen MR) is 90.9 cm³/mol. The standard InChI is InChI=1S/C18H32N2O/c1-6-21-17-8-7-15(18(3,4)5)10-16(17)13(2)9-14(11-19)12-20/h7-8,10,13-14H,6,9,11-12,19-20H2,1-5H3. The summed E-state index contributed by atoms with van der Waals surface area (Å²) in [4.78, 5) is 0. The van der Waals surface area contributed by atoms with Crippen molar-refractivity contribution in [2.24, 2.45) is 17.4 Å². The summed E-state index contributed by atoms with van der Waals surface area (Å²) in [6.07, 6.45) is 1.00. The van der Waals surface area contributed by atoms with Crippen molar-refractivity contribution in [1.82, 2.24) is 0 Å². The second-order valence-corrected chi connectivity index (χ2v) is 6.91. The van der Waals surface area contributed by atoms with Gasteiger partial charge in [0.1, 0.15) is 5.75 Å². The SMILES string of the molecule is CCOc1ccc(C(C)(C)C)cc1C(C)CC(CN)CN. The van der Waals surface area contributed by atoms with E-state index in [0.717, 1.165) is 12.2 Å². The van der Waals surface area contributed by atoms with Crippen LogP contribution >= 0.6 is 0 Å². The first kappa shape index (κ1) is 18.0. The van der Waals surface area contributed by atoms with Crippen molar-refractivity contribution >= 4 is 0 Å². The summed E-state index contributed by atoms with van der Waals surface area (Å²) in [6, 6.07) is 6.57. The third-order valence-electron chi connectivity index (χ3n) is 4.06. The maximum Gasteiger partial charge on any atom is 0.122 e. The Kier molecular flexibility index (Phi) is 6.69. The Labute approximate surface area is 130 Å². The van der Waals surface area contributed by atoms with Gasteiger partial charge in [-0.25, -0.2) is 0 Å². The molecule has 0 radical (unpaired) electrons. The van der Waals surface area contributed by atoms with Crippen LogP contribution < -0.4 is 16.2 Å². The molecular formula is C18H32N2O. The van der Waals surface area contributed by atoms with Crippen LogP contribution in [0.5, 0.6) is 5.75 Å². The third-order valence-corrected chi connectivity index (χ3v) is 4.06. The first-order valence-corrected chi connectivity index (χ1v) is 8.00. The number of nitrogens with two attached hydrogens (primary N) is 2. The average molecular weight is 292 g/mol. The van der Waals surface area contributed by atoms with Crippen molar-refractivity contribution < 1.29 is 4.74 Å². The number of hydrogen-bond donors (Lipinski definition) is 2. The molecule has 0 fully saturated rings. The van der Waals surface area contributed by atoms with E-state index in [0.29, 0.717) is 31.5 Å². The molecule has 0 aliphatic heterocycles. The lowest BCUT2D eigenvalue weighted by Crippen LogP contribution is -2.25. The fourth-order valence-corrected chi connectivity index (χ4v) is 2.60. The van der Waals surface area contributed by atoms with Gasteiger partial charge in [0.25, 0.3) is 0 Å². The average Bonchev–Trinajstić information content (AvgIpc) is 2.44. The molecule has 0 aliphatic rings. The van der Waals surface area contributed by atoms with Gasteiger partial charge in [-0.15, -0.1) is 0 Å². The van der Waals surface area contributed by atoms with E-state index in [1.54, 1.807) is 0 Å². The summed E-state index contributed by atoms with van der Waals surface area (Å²) in [6.45, 7) is 12.9. The Hall–Kier alpha value is -1.06. The summed E-state index contributed by atoms with van der Waals surface area (Å²) < 4.78 is 5.81. The molecule has 3 heteroatoms. The highest BCUT2D eigenvalue weighted by Crippen LogP contribution is 2.35. The molecule has 1 aromatic rings. The minimum Gasteiger partial charge on any atom is -0.494 e. The summed E-state index contributed by atoms with van der Waals surface area (Å²) in [7, 11) is 0. The Bertz CT molecular complexity index is 433. The molecule has 120 valence electrons. The van der Waals surface area contributed by atoms with E-state index < -0.39 is 0 Å². The zero-order valence-electron chi connectivity index (χ0n) is 14.3. The number of benzene rings is 1. The zero-order chi connectivity index (χ0) is 16.0. The van der Waals surface area contributed by atoms with E-state index in [1.807, 2.05) is 6.92 Å². The van der Waals surface area contributed by atoms with Gasteiger partial charge in [0, 0.05) is 0 Å². The second kappa shape index (κ2) is 7.81. The lowest BCUT2D eigenvalue weighted by atomic mass is 9.82. The van der Waals surface area contributed by atoms with Gasteiger partial charge in [-0.3, -0.25) is 0 Å². The van der Waals surface area contributed by atoms with Gasteiger partial charge in [-0.05, 0) is 60.9 Å². The zero-order valence-corrected chi connectivity index (χ0v) is 14.3. The first-order valence-electron chi connectivity index (χ1n) is 8.00. The van der Waals surface area contributed by atoms with Crippen LogP contribution in [0.2, 0.25) is 0 Å². The Morgan fingerprint density at radius 2 is 1.76 bits per heavy atom. The summed E-state index contributed by atoms with van der Waals surface area (Å²) in [5.41, 5.74) is 14.3. The van der Waals surface area contributed by atoms with Gasteiger partial charge < -0.3 is 16.2 Å². The Balaban J connectivity index is 3.10. The Morgan fingerprint density at radius 1 is 1.14 bits per heavy atom. The van der Waals surface area contributed by atoms with Crippen molar-refractivity contribution in [2.45, 2.75) is 52.4 Å². The van der Waals surface area contributed by atoms with Crippen LogP contribution in [-0.2, 0) is 5.41 Å². The van der Waals surface area contributed by atoms with Crippen LogP contribution in [0.25, 0.3) is 0 Å². The van der Waals surface area contributed by atoms with E-state index in [2.05, 4.69) is 45.9 Å². The van der Waals surface area contributed by atoms with Gasteiger partial charge in [0.05, 0.1) is 6.61 Å². The molecule has 0 saturated heterocycles. The molecule has 0 heterocycles. The quantitative estimate of drug-likeness (QED) is 0.809. The van der Waals surface area contributed by atoms with Gasteiger partial charge in [-0.2, -0.15) is 0 Å². The lowest BCUT2D eigenvalue weighted by Gasteiger charge is -2.25. The van der Waals surface area contributed by atoms with Gasteiger partial charge in [0.15, 0.2) is 0 Å². The highest BCUT2D eigenvalue weighted by Gasteiger charge is 2.20. The highest BCUT2D eigenvalue weighted by molar-refractivity contribution is 5.41. The highest BCUT2D eigenvalue weighted by atomic mass is 16.5. The molecular weight excluding hydrogens is 260 g/mol. The van der Waals surface area contributed by atoms with Crippen LogP contribution in [0.1, 0.15) is 58.1 Å². The van der Waals surface area contributed by atoms with E-state index in [4.69, 9.17) is 16.2 Å². The second-order valence-electron chi connectivity index (χ2n) is 6.91. The van der Waals surface area contributed by atoms with Crippen LogP contribution in [0, 0.1) is 5.92 Å². The normalized spacial score (nSPS) is 13.5. The molecule has 3 nitrogen and oxygen atoms in total. The predicted octanol–water partition coefficient (Wildman–Crippen LogP) is 3.41. The molecule has 0 aliphatic carbocycles. The van der Waals surface area contributed by atoms with Crippen molar-refractivity contribution in [3.63, 3.8) is 0 Å². The van der Waals surface area contributed by atoms with Crippen LogP contribution in [0.3, 0.4) is 0 Å². The molecule has 0 spiro atoms. The van der Waals surface area contributed by atoms with Crippen molar-refractivity contribution in [2.75, 3.05) is 19.7 Å². The molecule has 0 amide bonds. The maximum absolute atomic E-state index is 5.81. The van der Waals surface area contributed by atoms with E-state index in [-0.39, 0.29) is 5.41 Å². The molecule has 1 rings (SSSR count). The smallest absolute Gasteiger partial charge is 0.122 e. The number of ether oxygens (including phenoxy) is 1. The maximum atomic E-state index is 5.81. The minimum absolute atomic E-state index is 0.139. The molecule has 0 aromatic heterocycles.